The van der Waals surface area contributed by atoms with E-state index in [1.807, 2.05) is 29.8 Å². The van der Waals surface area contributed by atoms with Gasteiger partial charge >= 0.3 is 0 Å². The maximum absolute atomic E-state index is 6.00. The number of halogens is 2. The summed E-state index contributed by atoms with van der Waals surface area (Å²) < 4.78 is 2.01. The van der Waals surface area contributed by atoms with Gasteiger partial charge in [-0.05, 0) is 57.6 Å². The maximum atomic E-state index is 6.00. The minimum Gasteiger partial charge on any atom is -0.319 e. The number of nitrogens with one attached hydrogen (secondary N) is 1. The first-order chi connectivity index (χ1) is 9.74. The fourth-order valence-corrected chi connectivity index (χ4v) is 3.13. The highest BCUT2D eigenvalue weighted by Crippen LogP contribution is 2.19. The van der Waals surface area contributed by atoms with Gasteiger partial charge in [-0.15, -0.1) is 12.4 Å². The molecule has 2 aromatic heterocycles. The van der Waals surface area contributed by atoms with Crippen LogP contribution in [0.4, 0.5) is 0 Å². The van der Waals surface area contributed by atoms with Gasteiger partial charge in [0.2, 0.25) is 0 Å². The molecule has 0 unspecified atom stereocenters. The van der Waals surface area contributed by atoms with Crippen molar-refractivity contribution >= 4 is 29.7 Å². The Bertz CT molecular complexity index is 576. The lowest BCUT2D eigenvalue weighted by molar-refractivity contribution is 0.175. The highest BCUT2D eigenvalue weighted by atomic mass is 35.5. The molecule has 2 aromatic rings. The first-order valence-electron chi connectivity index (χ1n) is 7.24. The molecule has 0 amide bonds. The minimum atomic E-state index is 0. The van der Waals surface area contributed by atoms with Crippen LogP contribution in [0.15, 0.2) is 24.5 Å². The van der Waals surface area contributed by atoms with E-state index in [2.05, 4.69) is 21.4 Å². The number of likely N-dealkylation sites (tertiary alicyclic amines) is 1. The Balaban J connectivity index is 0.00000161. The molecule has 0 aliphatic carbocycles. The van der Waals surface area contributed by atoms with Gasteiger partial charge in [-0.2, -0.15) is 0 Å². The number of aromatic nitrogens is 2. The van der Waals surface area contributed by atoms with E-state index in [0.29, 0.717) is 0 Å². The Morgan fingerprint density at radius 1 is 1.29 bits per heavy atom. The Morgan fingerprint density at radius 3 is 2.76 bits per heavy atom. The van der Waals surface area contributed by atoms with Crippen LogP contribution in [0.25, 0.3) is 5.65 Å². The van der Waals surface area contributed by atoms with Crippen LogP contribution >= 0.6 is 24.0 Å². The molecule has 1 aliphatic heterocycles. The van der Waals surface area contributed by atoms with Gasteiger partial charge in [0, 0.05) is 18.9 Å². The number of piperidine rings is 1. The van der Waals surface area contributed by atoms with Crippen molar-refractivity contribution in [1.29, 1.82) is 0 Å². The van der Waals surface area contributed by atoms with Crippen LogP contribution in [-0.4, -0.2) is 41.0 Å². The zero-order valence-corrected chi connectivity index (χ0v) is 13.8. The summed E-state index contributed by atoms with van der Waals surface area (Å²) >= 11 is 6.00. The number of hydrogen-bond acceptors (Lipinski definition) is 3. The molecule has 0 aromatic carbocycles. The van der Waals surface area contributed by atoms with Gasteiger partial charge in [0.25, 0.3) is 0 Å². The Morgan fingerprint density at radius 2 is 2.05 bits per heavy atom. The highest BCUT2D eigenvalue weighted by molar-refractivity contribution is 6.30. The summed E-state index contributed by atoms with van der Waals surface area (Å²) in [6, 6.07) is 3.85. The minimum absolute atomic E-state index is 0. The number of rotatable bonds is 4. The third-order valence-corrected chi connectivity index (χ3v) is 4.27. The van der Waals surface area contributed by atoms with Crippen molar-refractivity contribution in [3.8, 4) is 0 Å². The first kappa shape index (κ1) is 16.6. The maximum Gasteiger partial charge on any atom is 0.137 e. The molecule has 1 N–H and O–H groups in total. The third-order valence-electron chi connectivity index (χ3n) is 4.05. The first-order valence-corrected chi connectivity index (χ1v) is 7.62. The van der Waals surface area contributed by atoms with Crippen LogP contribution < -0.4 is 5.32 Å². The van der Waals surface area contributed by atoms with E-state index in [-0.39, 0.29) is 12.4 Å². The van der Waals surface area contributed by atoms with Gasteiger partial charge in [0.05, 0.1) is 10.7 Å². The SMILES string of the molecule is CNCC1CCN(Cc2cn3cc(Cl)ccc3n2)CC1.Cl. The molecule has 1 aliphatic rings. The molecule has 21 heavy (non-hydrogen) atoms. The van der Waals surface area contributed by atoms with Crippen LogP contribution in [0.1, 0.15) is 18.5 Å². The molecule has 0 bridgehead atoms. The molecule has 6 heteroatoms. The summed E-state index contributed by atoms with van der Waals surface area (Å²) in [5, 5.41) is 4.02. The average Bonchev–Trinajstić information content (AvgIpc) is 2.82. The van der Waals surface area contributed by atoms with E-state index in [4.69, 9.17) is 11.6 Å². The molecule has 4 nitrogen and oxygen atoms in total. The van der Waals surface area contributed by atoms with Crippen LogP contribution in [-0.2, 0) is 6.54 Å². The number of fused-ring (bicyclic) bond motifs is 1. The molecule has 3 heterocycles. The van der Waals surface area contributed by atoms with E-state index in [0.717, 1.165) is 35.4 Å². The summed E-state index contributed by atoms with van der Waals surface area (Å²) in [6.45, 7) is 4.41. The second-order valence-electron chi connectivity index (χ2n) is 5.62. The average molecular weight is 329 g/mol. The van der Waals surface area contributed by atoms with E-state index in [1.165, 1.54) is 25.9 Å². The summed E-state index contributed by atoms with van der Waals surface area (Å²) in [7, 11) is 2.04. The molecular weight excluding hydrogens is 307 g/mol. The smallest absolute Gasteiger partial charge is 0.137 e. The van der Waals surface area contributed by atoms with Gasteiger partial charge in [-0.1, -0.05) is 11.6 Å². The normalized spacial score (nSPS) is 17.0. The predicted octanol–water partition coefficient (Wildman–Crippen LogP) is 2.84. The zero-order chi connectivity index (χ0) is 13.9. The largest absolute Gasteiger partial charge is 0.319 e. The highest BCUT2D eigenvalue weighted by Gasteiger charge is 2.19. The van der Waals surface area contributed by atoms with Gasteiger partial charge in [0.15, 0.2) is 0 Å². The molecule has 116 valence electrons. The van der Waals surface area contributed by atoms with Gasteiger partial charge < -0.3 is 9.72 Å². The molecule has 3 rings (SSSR count). The lowest BCUT2D eigenvalue weighted by atomic mass is 9.97. The second kappa shape index (κ2) is 7.45. The van der Waals surface area contributed by atoms with Crippen molar-refractivity contribution in [3.05, 3.63) is 35.2 Å². The van der Waals surface area contributed by atoms with Gasteiger partial charge in [-0.3, -0.25) is 4.90 Å². The summed E-state index contributed by atoms with van der Waals surface area (Å²) in [5.74, 6) is 0.830. The molecule has 1 fully saturated rings. The Hall–Kier alpha value is -0.810. The topological polar surface area (TPSA) is 32.6 Å². The van der Waals surface area contributed by atoms with Crippen molar-refractivity contribution in [2.75, 3.05) is 26.7 Å². The van der Waals surface area contributed by atoms with E-state index < -0.39 is 0 Å². The Labute approximate surface area is 136 Å². The van der Waals surface area contributed by atoms with Gasteiger partial charge in [-0.25, -0.2) is 4.98 Å². The van der Waals surface area contributed by atoms with Crippen LogP contribution in [0.3, 0.4) is 0 Å². The fraction of sp³-hybridized carbons (Fsp3) is 0.533. The number of imidazole rings is 1. The number of pyridine rings is 1. The lowest BCUT2D eigenvalue weighted by Gasteiger charge is -2.31. The molecule has 0 saturated carbocycles. The van der Waals surface area contributed by atoms with Crippen LogP contribution in [0, 0.1) is 5.92 Å². The van der Waals surface area contributed by atoms with Gasteiger partial charge in [0.1, 0.15) is 5.65 Å². The fourth-order valence-electron chi connectivity index (χ4n) is 2.96. The number of nitrogens with zero attached hydrogens (tertiary/aromatic N) is 3. The molecule has 0 spiro atoms. The van der Waals surface area contributed by atoms with Crippen molar-refractivity contribution < 1.29 is 0 Å². The van der Waals surface area contributed by atoms with Crippen LogP contribution in [0.5, 0.6) is 0 Å². The van der Waals surface area contributed by atoms with Crippen LogP contribution in [0.2, 0.25) is 5.02 Å². The Kier molecular flexibility index (Phi) is 5.88. The number of hydrogen-bond donors (Lipinski definition) is 1. The monoisotopic (exact) mass is 328 g/mol. The second-order valence-corrected chi connectivity index (χ2v) is 6.06. The van der Waals surface area contributed by atoms with E-state index in [9.17, 15) is 0 Å². The zero-order valence-electron chi connectivity index (χ0n) is 12.3. The quantitative estimate of drug-likeness (QED) is 0.936. The summed E-state index contributed by atoms with van der Waals surface area (Å²) in [6.07, 6.45) is 6.55. The third kappa shape index (κ3) is 4.10. The molecule has 1 saturated heterocycles. The van der Waals surface area contributed by atoms with E-state index >= 15 is 0 Å². The standard InChI is InChI=1S/C15H21ClN4.ClH/c1-17-8-12-4-6-19(7-5-12)10-14-11-20-9-13(16)2-3-15(20)18-14;/h2-3,9,11-12,17H,4-8,10H2,1H3;1H. The predicted molar refractivity (Wildman–Crippen MR) is 89.4 cm³/mol. The van der Waals surface area contributed by atoms with Crippen molar-refractivity contribution in [2.24, 2.45) is 5.92 Å². The molecular formula is C15H22Cl2N4. The molecule has 0 atom stereocenters. The van der Waals surface area contributed by atoms with Crippen molar-refractivity contribution in [1.82, 2.24) is 19.6 Å². The molecule has 0 radical (unpaired) electrons. The van der Waals surface area contributed by atoms with E-state index in [1.54, 1.807) is 0 Å². The van der Waals surface area contributed by atoms with Crippen molar-refractivity contribution in [2.45, 2.75) is 19.4 Å². The lowest BCUT2D eigenvalue weighted by Crippen LogP contribution is -2.36. The summed E-state index contributed by atoms with van der Waals surface area (Å²) in [4.78, 5) is 7.15. The van der Waals surface area contributed by atoms with Crippen molar-refractivity contribution in [3.63, 3.8) is 0 Å². The summed E-state index contributed by atoms with van der Waals surface area (Å²) in [5.41, 5.74) is 2.09.